The maximum atomic E-state index is 15.0. The van der Waals surface area contributed by atoms with E-state index in [1.807, 2.05) is 13.0 Å². The van der Waals surface area contributed by atoms with Gasteiger partial charge in [-0.1, -0.05) is 46.2 Å². The number of amides is 1. The molecule has 9 rings (SSSR count). The minimum atomic E-state index is -0.805. The van der Waals surface area contributed by atoms with Gasteiger partial charge in [-0.25, -0.2) is 9.37 Å². The molecule has 2 heterocycles. The molecule has 14 atom stereocenters. The van der Waals surface area contributed by atoms with Crippen LogP contribution in [0.2, 0.25) is 0 Å². The summed E-state index contributed by atoms with van der Waals surface area (Å²) in [6.07, 6.45) is 16.2. The van der Waals surface area contributed by atoms with Crippen LogP contribution in [0, 0.1) is 75.3 Å². The molecule has 2 N–H and O–H groups in total. The quantitative estimate of drug-likeness (QED) is 0.286. The third-order valence-corrected chi connectivity index (χ3v) is 17.7. The van der Waals surface area contributed by atoms with Crippen molar-refractivity contribution in [2.24, 2.45) is 69.5 Å². The highest BCUT2D eigenvalue weighted by atomic mass is 19.1. The number of carboxylic acid groups (broad SMARTS) is 1. The lowest BCUT2D eigenvalue weighted by molar-refractivity contribution is -0.206. The molecule has 8 nitrogen and oxygen atoms in total. The van der Waals surface area contributed by atoms with Crippen molar-refractivity contribution in [3.8, 4) is 11.3 Å². The van der Waals surface area contributed by atoms with E-state index < -0.39 is 11.9 Å². The Kier molecular flexibility index (Phi) is 8.89. The number of benzene rings is 1. The summed E-state index contributed by atoms with van der Waals surface area (Å²) in [4.78, 5) is 50.2. The Bertz CT molecular complexity index is 1810. The Morgan fingerprint density at radius 3 is 2.44 bits per heavy atom. The third-order valence-electron chi connectivity index (χ3n) is 17.7. The second-order valence-electron chi connectivity index (χ2n) is 19.6. The van der Waals surface area contributed by atoms with Crippen molar-refractivity contribution in [3.63, 3.8) is 0 Å². The zero-order valence-electron chi connectivity index (χ0n) is 32.7. The summed E-state index contributed by atoms with van der Waals surface area (Å²) in [5.41, 5.74) is 1.74. The number of hydrogen-bond donors (Lipinski definition) is 2. The number of esters is 1. The van der Waals surface area contributed by atoms with Crippen LogP contribution in [0.3, 0.4) is 0 Å². The molecule has 1 aliphatic heterocycles. The first kappa shape index (κ1) is 36.4. The van der Waals surface area contributed by atoms with E-state index in [1.54, 1.807) is 12.3 Å². The molecule has 292 valence electrons. The van der Waals surface area contributed by atoms with Crippen LogP contribution in [-0.4, -0.2) is 50.5 Å². The predicted molar refractivity (Wildman–Crippen MR) is 202 cm³/mol. The predicted octanol–water partition coefficient (Wildman–Crippen LogP) is 9.22. The van der Waals surface area contributed by atoms with Gasteiger partial charge in [0.05, 0.1) is 35.2 Å². The molecule has 0 bridgehead atoms. The molecular formula is C45H60FN3O5. The summed E-state index contributed by atoms with van der Waals surface area (Å²) in [6, 6.07) is 6.52. The van der Waals surface area contributed by atoms with Crippen LogP contribution in [0.4, 0.5) is 4.39 Å². The summed E-state index contributed by atoms with van der Waals surface area (Å²) in [7, 11) is 0. The maximum Gasteiger partial charge on any atom is 0.309 e. The Morgan fingerprint density at radius 2 is 1.67 bits per heavy atom. The molecule has 2 aromatic rings. The summed E-state index contributed by atoms with van der Waals surface area (Å²) in [5.74, 6) is 2.13. The summed E-state index contributed by atoms with van der Waals surface area (Å²) in [6.45, 7) is 10.2. The molecule has 0 spiro atoms. The van der Waals surface area contributed by atoms with E-state index in [4.69, 9.17) is 9.72 Å². The van der Waals surface area contributed by atoms with Crippen LogP contribution >= 0.6 is 0 Å². The molecule has 1 saturated heterocycles. The number of carbonyl (C=O) groups is 3. The second-order valence-corrected chi connectivity index (χ2v) is 19.6. The van der Waals surface area contributed by atoms with E-state index in [9.17, 15) is 19.1 Å². The number of imidazole rings is 1. The van der Waals surface area contributed by atoms with Crippen molar-refractivity contribution < 1.29 is 28.6 Å². The van der Waals surface area contributed by atoms with Crippen molar-refractivity contribution in [2.75, 3.05) is 6.54 Å². The summed E-state index contributed by atoms with van der Waals surface area (Å²) in [5, 5.41) is 9.44. The Hall–Kier alpha value is -3.23. The summed E-state index contributed by atoms with van der Waals surface area (Å²) < 4.78 is 20.3. The minimum Gasteiger partial charge on any atom is -0.481 e. The van der Waals surface area contributed by atoms with Gasteiger partial charge < -0.3 is 19.7 Å². The molecule has 14 unspecified atom stereocenters. The molecule has 7 fully saturated rings. The second kappa shape index (κ2) is 13.2. The van der Waals surface area contributed by atoms with Gasteiger partial charge in [0.1, 0.15) is 17.7 Å². The van der Waals surface area contributed by atoms with E-state index in [-0.39, 0.29) is 52.0 Å². The number of carboxylic acids is 1. The number of nitrogens with one attached hydrogen (secondary N) is 1. The van der Waals surface area contributed by atoms with Crippen LogP contribution in [0.5, 0.6) is 0 Å². The number of ether oxygens (including phenoxy) is 1. The number of carbonyl (C=O) groups excluding carboxylic acids is 2. The normalized spacial score (nSPS) is 43.9. The van der Waals surface area contributed by atoms with Crippen molar-refractivity contribution >= 4 is 17.8 Å². The molecule has 7 aliphatic rings. The standard InChI is InChI=1S/C45H60FN3O5/c1-25-30(40(50)51)23-31(25)41(52)54-37-16-19-43(3)32(26(37)2)14-18-44(4)33-15-20-45(17-6-10-34(45)29(33)12-13-38(43)44)42(53)49-21-7-11-36(49)39-47-24-35(48-39)27-8-5-9-28(46)22-27/h5,8-9,22,24-26,29-34,36-38H,6-7,10-21,23H2,1-4H3,(H,47,48)(H,50,51). The molecular weight excluding hydrogens is 682 g/mol. The first-order valence-electron chi connectivity index (χ1n) is 21.4. The van der Waals surface area contributed by atoms with Crippen LogP contribution in [0.1, 0.15) is 129 Å². The molecule has 1 aromatic heterocycles. The number of hydrogen-bond acceptors (Lipinski definition) is 5. The first-order chi connectivity index (χ1) is 25.9. The number of fused-ring (bicyclic) bond motifs is 7. The SMILES string of the molecule is CC1C(C(=O)O)CC1C(=O)OC1CCC2(C)C(CCC3(C)C4CCC5(C(=O)N6CCCC6c6ncc(-c7cccc(F)c7)[nH]6)CCCC5C4CCC23)C1C. The van der Waals surface area contributed by atoms with E-state index in [0.29, 0.717) is 47.8 Å². The van der Waals surface area contributed by atoms with Gasteiger partial charge in [-0.15, -0.1) is 0 Å². The zero-order chi connectivity index (χ0) is 37.7. The van der Waals surface area contributed by atoms with Gasteiger partial charge >= 0.3 is 11.9 Å². The van der Waals surface area contributed by atoms with Gasteiger partial charge in [0.2, 0.25) is 5.91 Å². The molecule has 54 heavy (non-hydrogen) atoms. The smallest absolute Gasteiger partial charge is 0.309 e. The van der Waals surface area contributed by atoms with Crippen LogP contribution in [0.15, 0.2) is 30.5 Å². The largest absolute Gasteiger partial charge is 0.481 e. The van der Waals surface area contributed by atoms with Gasteiger partial charge in [-0.2, -0.15) is 0 Å². The van der Waals surface area contributed by atoms with Crippen LogP contribution in [-0.2, 0) is 19.1 Å². The van der Waals surface area contributed by atoms with Crippen molar-refractivity contribution in [3.05, 3.63) is 42.1 Å². The van der Waals surface area contributed by atoms with Gasteiger partial charge in [-0.3, -0.25) is 14.4 Å². The van der Waals surface area contributed by atoms with Crippen molar-refractivity contribution in [1.82, 2.24) is 14.9 Å². The lowest BCUT2D eigenvalue weighted by atomic mass is 9.37. The Labute approximate surface area is 319 Å². The number of aromatic nitrogens is 2. The Balaban J connectivity index is 0.895. The van der Waals surface area contributed by atoms with Crippen molar-refractivity contribution in [2.45, 2.75) is 130 Å². The molecule has 6 saturated carbocycles. The highest BCUT2D eigenvalue weighted by molar-refractivity contribution is 5.84. The fourth-order valence-electron chi connectivity index (χ4n) is 14.9. The molecule has 1 amide bonds. The average molecular weight is 742 g/mol. The van der Waals surface area contributed by atoms with Gasteiger partial charge in [0.25, 0.3) is 0 Å². The average Bonchev–Trinajstić information content (AvgIpc) is 3.92. The maximum absolute atomic E-state index is 15.0. The highest BCUT2D eigenvalue weighted by Crippen LogP contribution is 2.72. The third kappa shape index (κ3) is 5.38. The van der Waals surface area contributed by atoms with Crippen molar-refractivity contribution in [1.29, 1.82) is 0 Å². The van der Waals surface area contributed by atoms with E-state index in [1.165, 1.54) is 31.4 Å². The fraction of sp³-hybridized carbons (Fsp3) is 0.733. The van der Waals surface area contributed by atoms with E-state index in [0.717, 1.165) is 87.8 Å². The number of aromatic amines is 1. The van der Waals surface area contributed by atoms with E-state index >= 15 is 4.79 Å². The van der Waals surface area contributed by atoms with Gasteiger partial charge in [-0.05, 0) is 148 Å². The highest BCUT2D eigenvalue weighted by Gasteiger charge is 2.66. The number of rotatable bonds is 6. The molecule has 0 radical (unpaired) electrons. The molecule has 1 aromatic carbocycles. The van der Waals surface area contributed by atoms with E-state index in [2.05, 4.69) is 30.7 Å². The first-order valence-corrected chi connectivity index (χ1v) is 21.4. The van der Waals surface area contributed by atoms with Gasteiger partial charge in [0, 0.05) is 12.1 Å². The zero-order valence-corrected chi connectivity index (χ0v) is 32.7. The lowest BCUT2D eigenvalue weighted by Gasteiger charge is -2.67. The fourth-order valence-corrected chi connectivity index (χ4v) is 14.9. The topological polar surface area (TPSA) is 113 Å². The number of aliphatic carboxylic acids is 1. The molecule has 9 heteroatoms. The summed E-state index contributed by atoms with van der Waals surface area (Å²) >= 11 is 0. The Morgan fingerprint density at radius 1 is 0.889 bits per heavy atom. The monoisotopic (exact) mass is 741 g/mol. The number of likely N-dealkylation sites (tertiary alicyclic amines) is 1. The number of halogens is 1. The van der Waals surface area contributed by atoms with Gasteiger partial charge in [0.15, 0.2) is 0 Å². The number of nitrogens with zero attached hydrogens (tertiary/aromatic N) is 2. The van der Waals surface area contributed by atoms with Crippen LogP contribution < -0.4 is 0 Å². The lowest BCUT2D eigenvalue weighted by Crippen LogP contribution is -2.62. The number of H-pyrrole nitrogens is 1. The van der Waals surface area contributed by atoms with Crippen LogP contribution in [0.25, 0.3) is 11.3 Å². The molecule has 6 aliphatic carbocycles. The minimum absolute atomic E-state index is 0.0631.